The summed E-state index contributed by atoms with van der Waals surface area (Å²) in [4.78, 5) is 9.44. The van der Waals surface area contributed by atoms with Crippen molar-refractivity contribution in [2.45, 2.75) is 25.7 Å². The largest absolute Gasteiger partial charge is 0.388 e. The molecule has 2 heterocycles. The van der Waals surface area contributed by atoms with Crippen molar-refractivity contribution in [3.8, 4) is 0 Å². The third kappa shape index (κ3) is 7.51. The summed E-state index contributed by atoms with van der Waals surface area (Å²) in [5.41, 5.74) is 15.5. The number of nitrogens with one attached hydrogen (secondary N) is 2. The number of nitrogens with zero attached hydrogens (tertiary/aromatic N) is 3. The lowest BCUT2D eigenvalue weighted by atomic mass is 9.95. The van der Waals surface area contributed by atoms with Gasteiger partial charge in [0.1, 0.15) is 0 Å². The Kier molecular flexibility index (Phi) is 10.1. The van der Waals surface area contributed by atoms with E-state index in [9.17, 15) is 0 Å². The van der Waals surface area contributed by atoms with Gasteiger partial charge in [-0.3, -0.25) is 4.99 Å². The van der Waals surface area contributed by atoms with Crippen LogP contribution in [0.2, 0.25) is 0 Å². The first-order valence-corrected chi connectivity index (χ1v) is 12.5. The van der Waals surface area contributed by atoms with E-state index in [0.29, 0.717) is 19.0 Å². The lowest BCUT2D eigenvalue weighted by Crippen LogP contribution is -2.41. The van der Waals surface area contributed by atoms with Gasteiger partial charge >= 0.3 is 0 Å². The fourth-order valence-electron chi connectivity index (χ4n) is 4.67. The molecule has 1 aromatic rings. The standard InChI is InChI=1S/C26H43N7/c1-21(25(19-28)18-23-8-4-3-5-9-23)31-20-24(10-6-11-27)22(2)32-14-7-15-33(17-16-32)26-29-12-13-30-26/h3-5,8-9,24-25,31H,1-2,6-7,10-20,27-28H2,(H,29,30). The summed E-state index contributed by atoms with van der Waals surface area (Å²) in [7, 11) is 0. The molecule has 7 nitrogen and oxygen atoms in total. The molecule has 0 bridgehead atoms. The Bertz CT molecular complexity index is 776. The first-order valence-electron chi connectivity index (χ1n) is 12.5. The molecule has 7 heteroatoms. The Morgan fingerprint density at radius 2 is 1.91 bits per heavy atom. The maximum absolute atomic E-state index is 6.10. The van der Waals surface area contributed by atoms with E-state index in [2.05, 4.69) is 62.8 Å². The van der Waals surface area contributed by atoms with Crippen LogP contribution in [0.4, 0.5) is 0 Å². The number of aliphatic imine (C=N–C) groups is 1. The smallest absolute Gasteiger partial charge is 0.194 e. The molecule has 3 rings (SSSR count). The lowest BCUT2D eigenvalue weighted by Gasteiger charge is -2.32. The second-order valence-corrected chi connectivity index (χ2v) is 9.11. The molecule has 6 N–H and O–H groups in total. The highest BCUT2D eigenvalue weighted by Gasteiger charge is 2.24. The van der Waals surface area contributed by atoms with Crippen LogP contribution in [0.3, 0.4) is 0 Å². The quantitative estimate of drug-likeness (QED) is 0.385. The van der Waals surface area contributed by atoms with Crippen molar-refractivity contribution in [1.29, 1.82) is 0 Å². The molecule has 0 aliphatic carbocycles. The first kappa shape index (κ1) is 25.1. The van der Waals surface area contributed by atoms with Crippen LogP contribution in [0.1, 0.15) is 24.8 Å². The normalized spacial score (nSPS) is 18.2. The van der Waals surface area contributed by atoms with Gasteiger partial charge in [-0.1, -0.05) is 43.5 Å². The fourth-order valence-corrected chi connectivity index (χ4v) is 4.67. The predicted octanol–water partition coefficient (Wildman–Crippen LogP) is 1.74. The molecule has 1 aromatic carbocycles. The van der Waals surface area contributed by atoms with Gasteiger partial charge in [0.2, 0.25) is 0 Å². The van der Waals surface area contributed by atoms with E-state index >= 15 is 0 Å². The zero-order valence-electron chi connectivity index (χ0n) is 20.1. The molecule has 182 valence electrons. The molecule has 2 aliphatic heterocycles. The molecule has 0 amide bonds. The summed E-state index contributed by atoms with van der Waals surface area (Å²) in [6.07, 6.45) is 4.02. The van der Waals surface area contributed by atoms with Crippen molar-refractivity contribution >= 4 is 5.96 Å². The average Bonchev–Trinajstić information content (AvgIpc) is 3.27. The molecule has 2 unspecified atom stereocenters. The van der Waals surface area contributed by atoms with Crippen LogP contribution in [0.5, 0.6) is 0 Å². The fraction of sp³-hybridized carbons (Fsp3) is 0.577. The summed E-state index contributed by atoms with van der Waals surface area (Å²) in [6.45, 7) is 16.8. The van der Waals surface area contributed by atoms with E-state index in [0.717, 1.165) is 83.2 Å². The van der Waals surface area contributed by atoms with Crippen molar-refractivity contribution in [3.63, 3.8) is 0 Å². The first-order chi connectivity index (χ1) is 16.1. The van der Waals surface area contributed by atoms with E-state index in [1.807, 2.05) is 6.07 Å². The number of hydrogen-bond donors (Lipinski definition) is 4. The number of hydrogen-bond acceptors (Lipinski definition) is 7. The minimum atomic E-state index is 0.210. The molecule has 1 saturated heterocycles. The number of rotatable bonds is 12. The van der Waals surface area contributed by atoms with E-state index in [1.165, 1.54) is 11.3 Å². The minimum absolute atomic E-state index is 0.210. The van der Waals surface area contributed by atoms with E-state index in [1.54, 1.807) is 0 Å². The Hall–Kier alpha value is -2.51. The second kappa shape index (κ2) is 13.3. The molecule has 2 aliphatic rings. The Balaban J connectivity index is 1.55. The number of nitrogens with two attached hydrogens (primary N) is 2. The van der Waals surface area contributed by atoms with E-state index < -0.39 is 0 Å². The number of benzene rings is 1. The van der Waals surface area contributed by atoms with Gasteiger partial charge in [-0.05, 0) is 37.8 Å². The highest BCUT2D eigenvalue weighted by Crippen LogP contribution is 2.22. The highest BCUT2D eigenvalue weighted by molar-refractivity contribution is 5.81. The highest BCUT2D eigenvalue weighted by atomic mass is 15.3. The summed E-state index contributed by atoms with van der Waals surface area (Å²) in [5, 5.41) is 7.02. The van der Waals surface area contributed by atoms with Crippen molar-refractivity contribution < 1.29 is 0 Å². The van der Waals surface area contributed by atoms with Gasteiger partial charge in [0, 0.05) is 69.0 Å². The molecular weight excluding hydrogens is 410 g/mol. The van der Waals surface area contributed by atoms with Gasteiger partial charge in [0.15, 0.2) is 5.96 Å². The molecule has 2 atom stereocenters. The monoisotopic (exact) mass is 453 g/mol. The van der Waals surface area contributed by atoms with Gasteiger partial charge in [-0.25, -0.2) is 0 Å². The SMILES string of the molecule is C=C(NCC(CCCN)C(=C)N1CCCN(C2=NCCN2)CC1)C(CN)Cc1ccccc1. The van der Waals surface area contributed by atoms with E-state index in [-0.39, 0.29) is 5.92 Å². The third-order valence-electron chi connectivity index (χ3n) is 6.76. The van der Waals surface area contributed by atoms with Gasteiger partial charge < -0.3 is 31.9 Å². The third-order valence-corrected chi connectivity index (χ3v) is 6.76. The summed E-state index contributed by atoms with van der Waals surface area (Å²) >= 11 is 0. The van der Waals surface area contributed by atoms with Gasteiger partial charge in [-0.2, -0.15) is 0 Å². The lowest BCUT2D eigenvalue weighted by molar-refractivity contribution is 0.300. The van der Waals surface area contributed by atoms with Gasteiger partial charge in [0.25, 0.3) is 0 Å². The molecular formula is C26H43N7. The van der Waals surface area contributed by atoms with Crippen molar-refractivity contribution in [3.05, 3.63) is 60.4 Å². The van der Waals surface area contributed by atoms with Gasteiger partial charge in [0.05, 0.1) is 6.54 Å². The van der Waals surface area contributed by atoms with Crippen molar-refractivity contribution in [1.82, 2.24) is 20.4 Å². The molecule has 1 fully saturated rings. The number of guanidine groups is 1. The molecule has 0 spiro atoms. The van der Waals surface area contributed by atoms with Gasteiger partial charge in [-0.15, -0.1) is 0 Å². The van der Waals surface area contributed by atoms with E-state index in [4.69, 9.17) is 11.5 Å². The van der Waals surface area contributed by atoms with Crippen LogP contribution in [-0.4, -0.2) is 74.7 Å². The maximum atomic E-state index is 6.10. The Morgan fingerprint density at radius 1 is 1.09 bits per heavy atom. The van der Waals surface area contributed by atoms with Crippen LogP contribution in [0.25, 0.3) is 0 Å². The topological polar surface area (TPSA) is 94.9 Å². The minimum Gasteiger partial charge on any atom is -0.388 e. The average molecular weight is 454 g/mol. The van der Waals surface area contributed by atoms with Crippen LogP contribution in [0.15, 0.2) is 59.9 Å². The zero-order chi connectivity index (χ0) is 23.5. The molecule has 0 saturated carbocycles. The molecule has 0 radical (unpaired) electrons. The summed E-state index contributed by atoms with van der Waals surface area (Å²) in [5.74, 6) is 1.60. The molecule has 33 heavy (non-hydrogen) atoms. The Labute approximate surface area is 200 Å². The van der Waals surface area contributed by atoms with Crippen LogP contribution < -0.4 is 22.1 Å². The zero-order valence-corrected chi connectivity index (χ0v) is 20.1. The van der Waals surface area contributed by atoms with Crippen LogP contribution in [0, 0.1) is 11.8 Å². The maximum Gasteiger partial charge on any atom is 0.194 e. The van der Waals surface area contributed by atoms with Crippen molar-refractivity contribution in [2.75, 3.05) is 58.9 Å². The predicted molar refractivity (Wildman–Crippen MR) is 139 cm³/mol. The van der Waals surface area contributed by atoms with Crippen LogP contribution >= 0.6 is 0 Å². The summed E-state index contributed by atoms with van der Waals surface area (Å²) < 4.78 is 0. The Morgan fingerprint density at radius 3 is 2.61 bits per heavy atom. The van der Waals surface area contributed by atoms with Crippen molar-refractivity contribution in [2.24, 2.45) is 28.3 Å². The molecule has 0 aromatic heterocycles. The van der Waals surface area contributed by atoms with Crippen LogP contribution in [-0.2, 0) is 6.42 Å². The second-order valence-electron chi connectivity index (χ2n) is 9.11. The summed E-state index contributed by atoms with van der Waals surface area (Å²) in [6, 6.07) is 10.5.